The molecule has 0 fully saturated rings. The molecule has 0 saturated heterocycles. The summed E-state index contributed by atoms with van der Waals surface area (Å²) in [6.45, 7) is 2.07. The predicted octanol–water partition coefficient (Wildman–Crippen LogP) is 5.17. The number of hydrogen-bond acceptors (Lipinski definition) is 6. The van der Waals surface area contributed by atoms with E-state index in [1.54, 1.807) is 18.2 Å². The summed E-state index contributed by atoms with van der Waals surface area (Å²) in [6, 6.07) is 11.9. The number of thiazole rings is 1. The van der Waals surface area contributed by atoms with Crippen molar-refractivity contribution in [2.24, 2.45) is 5.73 Å². The van der Waals surface area contributed by atoms with E-state index in [1.165, 1.54) is 37.6 Å². The number of aryl methyl sites for hydroxylation is 1. The summed E-state index contributed by atoms with van der Waals surface area (Å²) in [5.41, 5.74) is 5.59. The summed E-state index contributed by atoms with van der Waals surface area (Å²) in [7, 11) is 2.98. The molecule has 0 atom stereocenters. The zero-order chi connectivity index (χ0) is 22.3. The van der Waals surface area contributed by atoms with Gasteiger partial charge in [0.15, 0.2) is 0 Å². The second-order valence-electron chi connectivity index (χ2n) is 5.87. The number of ether oxygens (including phenoxy) is 2. The largest absolute Gasteiger partial charge is 0.495 e. The van der Waals surface area contributed by atoms with Crippen LogP contribution in [0, 0.1) is 18.3 Å². The molecule has 0 amide bonds. The van der Waals surface area contributed by atoms with Crippen LogP contribution in [0.4, 0.5) is 13.2 Å². The van der Waals surface area contributed by atoms with Crippen LogP contribution in [0.1, 0.15) is 21.7 Å². The molecule has 9 heteroatoms. The molecule has 0 aliphatic rings. The third-order valence-corrected chi connectivity index (χ3v) is 5.20. The maximum Gasteiger partial charge on any atom is 0.416 e. The molecule has 5 nitrogen and oxygen atoms in total. The van der Waals surface area contributed by atoms with Crippen molar-refractivity contribution in [2.45, 2.75) is 19.7 Å². The van der Waals surface area contributed by atoms with E-state index in [0.717, 1.165) is 22.7 Å². The van der Waals surface area contributed by atoms with E-state index in [2.05, 4.69) is 10.7 Å². The lowest BCUT2D eigenvalue weighted by Crippen LogP contribution is -2.03. The average molecular weight is 435 g/mol. The number of methoxy groups -OCH3 is 1. The van der Waals surface area contributed by atoms with Crippen LogP contribution in [0.15, 0.2) is 42.5 Å². The Balaban J connectivity index is 0.00000155. The van der Waals surface area contributed by atoms with E-state index in [9.17, 15) is 13.2 Å². The lowest BCUT2D eigenvalue weighted by atomic mass is 10.1. The molecule has 2 N–H and O–H groups in total. The molecule has 158 valence electrons. The monoisotopic (exact) mass is 435 g/mol. The van der Waals surface area contributed by atoms with Gasteiger partial charge in [0.2, 0.25) is 0 Å². The number of nitriles is 1. The highest BCUT2D eigenvalue weighted by molar-refractivity contribution is 7.15. The average Bonchev–Trinajstić information content (AvgIpc) is 3.13. The van der Waals surface area contributed by atoms with Crippen molar-refractivity contribution in [3.63, 3.8) is 0 Å². The fourth-order valence-corrected chi connectivity index (χ4v) is 3.47. The summed E-state index contributed by atoms with van der Waals surface area (Å²) in [4.78, 5) is 5.30. The molecule has 0 unspecified atom stereocenters. The van der Waals surface area contributed by atoms with Gasteiger partial charge in [-0.25, -0.2) is 4.98 Å². The zero-order valence-electron chi connectivity index (χ0n) is 16.6. The van der Waals surface area contributed by atoms with Crippen molar-refractivity contribution >= 4 is 11.3 Å². The number of alkyl halides is 3. The molecule has 3 rings (SSSR count). The summed E-state index contributed by atoms with van der Waals surface area (Å²) >= 11 is 1.36. The summed E-state index contributed by atoms with van der Waals surface area (Å²) in [6.07, 6.45) is -4.36. The molecule has 2 aromatic carbocycles. The fourth-order valence-electron chi connectivity index (χ4n) is 2.49. The molecule has 3 aromatic rings. The van der Waals surface area contributed by atoms with Crippen molar-refractivity contribution in [3.05, 3.63) is 64.2 Å². The second-order valence-corrected chi connectivity index (χ2v) is 6.95. The number of halogens is 3. The Morgan fingerprint density at radius 3 is 2.37 bits per heavy atom. The van der Waals surface area contributed by atoms with Crippen molar-refractivity contribution in [1.29, 1.82) is 5.26 Å². The van der Waals surface area contributed by atoms with Crippen molar-refractivity contribution in [3.8, 4) is 28.1 Å². The minimum absolute atomic E-state index is 0.249. The lowest BCUT2D eigenvalue weighted by molar-refractivity contribution is -0.137. The topological polar surface area (TPSA) is 81.2 Å². The van der Waals surface area contributed by atoms with Gasteiger partial charge < -0.3 is 15.2 Å². The molecule has 0 aliphatic heterocycles. The maximum absolute atomic E-state index is 12.7. The summed E-state index contributed by atoms with van der Waals surface area (Å²) < 4.78 is 49.0. The van der Waals surface area contributed by atoms with E-state index in [0.29, 0.717) is 27.6 Å². The van der Waals surface area contributed by atoms with Gasteiger partial charge in [-0.15, -0.1) is 11.3 Å². The zero-order valence-corrected chi connectivity index (χ0v) is 17.4. The second kappa shape index (κ2) is 10.1. The minimum Gasteiger partial charge on any atom is -0.495 e. The number of nitrogens with zero attached hydrogens (tertiary/aromatic N) is 2. The van der Waals surface area contributed by atoms with Gasteiger partial charge in [0, 0.05) is 11.6 Å². The van der Waals surface area contributed by atoms with Crippen LogP contribution in [0.25, 0.3) is 10.6 Å². The van der Waals surface area contributed by atoms with Crippen LogP contribution in [-0.4, -0.2) is 19.1 Å². The van der Waals surface area contributed by atoms with Crippen molar-refractivity contribution < 1.29 is 22.6 Å². The summed E-state index contributed by atoms with van der Waals surface area (Å²) in [5, 5.41) is 9.64. The van der Waals surface area contributed by atoms with Crippen molar-refractivity contribution in [1.82, 2.24) is 4.98 Å². The van der Waals surface area contributed by atoms with Gasteiger partial charge in [-0.2, -0.15) is 18.4 Å². The molecular weight excluding hydrogens is 415 g/mol. The van der Waals surface area contributed by atoms with Crippen LogP contribution in [0.5, 0.6) is 11.5 Å². The van der Waals surface area contributed by atoms with E-state index >= 15 is 0 Å². The van der Waals surface area contributed by atoms with E-state index in [1.807, 2.05) is 13.0 Å². The van der Waals surface area contributed by atoms with E-state index in [-0.39, 0.29) is 6.61 Å². The van der Waals surface area contributed by atoms with E-state index in [4.69, 9.17) is 14.7 Å². The highest BCUT2D eigenvalue weighted by atomic mass is 32.1. The molecule has 30 heavy (non-hydrogen) atoms. The Bertz CT molecular complexity index is 1030. The third kappa shape index (κ3) is 5.49. The van der Waals surface area contributed by atoms with Gasteiger partial charge >= 0.3 is 6.18 Å². The first-order valence-corrected chi connectivity index (χ1v) is 9.56. The van der Waals surface area contributed by atoms with Crippen LogP contribution in [0.2, 0.25) is 0 Å². The number of rotatable bonds is 5. The first-order valence-electron chi connectivity index (χ1n) is 8.74. The Labute approximate surface area is 176 Å². The van der Waals surface area contributed by atoms with E-state index < -0.39 is 11.7 Å². The minimum atomic E-state index is -4.36. The Kier molecular flexibility index (Phi) is 7.80. The number of aromatic nitrogens is 1. The normalized spacial score (nSPS) is 10.6. The molecule has 1 heterocycles. The SMILES string of the molecule is CN.COc1cc(OCc2sc(-c3ccc(C(F)(F)F)cc3)nc2C)ccc1C#N. The Hall–Kier alpha value is -3.09. The predicted molar refractivity (Wildman–Crippen MR) is 109 cm³/mol. The number of hydrogen-bond donors (Lipinski definition) is 1. The molecule has 1 aromatic heterocycles. The molecule has 0 bridgehead atoms. The molecular formula is C21H20F3N3O2S. The molecule has 0 radical (unpaired) electrons. The first kappa shape index (κ1) is 23.2. The fraction of sp³-hybridized carbons (Fsp3) is 0.238. The number of nitrogens with two attached hydrogens (primary N) is 1. The summed E-state index contributed by atoms with van der Waals surface area (Å²) in [5.74, 6) is 0.964. The van der Waals surface area contributed by atoms with Crippen LogP contribution in [-0.2, 0) is 12.8 Å². The quantitative estimate of drug-likeness (QED) is 0.598. The highest BCUT2D eigenvalue weighted by Gasteiger charge is 2.30. The number of benzene rings is 2. The Morgan fingerprint density at radius 2 is 1.80 bits per heavy atom. The van der Waals surface area contributed by atoms with Gasteiger partial charge in [0.1, 0.15) is 29.2 Å². The van der Waals surface area contributed by atoms with Gasteiger partial charge in [-0.05, 0) is 38.2 Å². The molecule has 0 saturated carbocycles. The van der Waals surface area contributed by atoms with Crippen LogP contribution >= 0.6 is 11.3 Å². The van der Waals surface area contributed by atoms with Crippen LogP contribution in [0.3, 0.4) is 0 Å². The third-order valence-electron chi connectivity index (χ3n) is 4.02. The lowest BCUT2D eigenvalue weighted by Gasteiger charge is -2.08. The first-order chi connectivity index (χ1) is 14.3. The van der Waals surface area contributed by atoms with Gasteiger partial charge in [-0.1, -0.05) is 12.1 Å². The van der Waals surface area contributed by atoms with Gasteiger partial charge in [-0.3, -0.25) is 0 Å². The van der Waals surface area contributed by atoms with Crippen LogP contribution < -0.4 is 15.2 Å². The standard InChI is InChI=1S/C20H15F3N2O2S.CH5N/c1-12-18(11-27-16-8-5-14(10-24)17(9-16)26-2)28-19(25-12)13-3-6-15(7-4-13)20(21,22)23;1-2/h3-9H,11H2,1-2H3;2H2,1H3. The van der Waals surface area contributed by atoms with Gasteiger partial charge in [0.05, 0.1) is 28.8 Å². The molecule has 0 aliphatic carbocycles. The smallest absolute Gasteiger partial charge is 0.416 e. The van der Waals surface area contributed by atoms with Gasteiger partial charge in [0.25, 0.3) is 0 Å². The Morgan fingerprint density at radius 1 is 1.13 bits per heavy atom. The highest BCUT2D eigenvalue weighted by Crippen LogP contribution is 2.33. The molecule has 0 spiro atoms. The van der Waals surface area contributed by atoms with Crippen molar-refractivity contribution in [2.75, 3.05) is 14.2 Å². The maximum atomic E-state index is 12.7.